The average molecular weight is 589 g/mol. The molecule has 0 radical (unpaired) electrons. The molecule has 1 saturated heterocycles. The zero-order valence-electron chi connectivity index (χ0n) is 23.6. The van der Waals surface area contributed by atoms with E-state index in [2.05, 4.69) is 21.7 Å². The summed E-state index contributed by atoms with van der Waals surface area (Å²) in [6, 6.07) is 14.2. The largest absolute Gasteiger partial charge is 0.479 e. The molecule has 42 heavy (non-hydrogen) atoms. The van der Waals surface area contributed by atoms with Crippen LogP contribution in [0.25, 0.3) is 10.2 Å². The van der Waals surface area contributed by atoms with Crippen molar-refractivity contribution in [2.75, 3.05) is 11.9 Å². The molecule has 1 aliphatic carbocycles. The molecule has 220 valence electrons. The monoisotopic (exact) mass is 588 g/mol. The van der Waals surface area contributed by atoms with Crippen LogP contribution in [0.3, 0.4) is 0 Å². The number of anilines is 1. The van der Waals surface area contributed by atoms with E-state index in [9.17, 15) is 19.5 Å². The molecule has 3 aromatic rings. The van der Waals surface area contributed by atoms with Gasteiger partial charge in [-0.3, -0.25) is 9.59 Å². The third kappa shape index (κ3) is 5.86. The van der Waals surface area contributed by atoms with Crippen molar-refractivity contribution in [2.45, 2.75) is 75.6 Å². The van der Waals surface area contributed by atoms with E-state index in [-0.39, 0.29) is 24.8 Å². The zero-order chi connectivity index (χ0) is 29.3. The van der Waals surface area contributed by atoms with Crippen LogP contribution in [-0.2, 0) is 14.4 Å². The number of para-hydroxylation sites is 1. The minimum atomic E-state index is -1.34. The summed E-state index contributed by atoms with van der Waals surface area (Å²) < 4.78 is 7.30. The lowest BCUT2D eigenvalue weighted by Crippen LogP contribution is -2.55. The minimum absolute atomic E-state index is 0.185. The van der Waals surface area contributed by atoms with Crippen molar-refractivity contribution in [1.29, 1.82) is 0 Å². The van der Waals surface area contributed by atoms with Gasteiger partial charge in [-0.05, 0) is 62.4 Å². The van der Waals surface area contributed by atoms with Gasteiger partial charge in [0, 0.05) is 18.0 Å². The van der Waals surface area contributed by atoms with Gasteiger partial charge in [-0.15, -0.1) is 0 Å². The molecule has 2 aromatic carbocycles. The van der Waals surface area contributed by atoms with Gasteiger partial charge in [0.15, 0.2) is 0 Å². The second-order valence-corrected chi connectivity index (χ2v) is 12.6. The Bertz CT molecular complexity index is 1510. The van der Waals surface area contributed by atoms with Crippen LogP contribution in [0.2, 0.25) is 0 Å². The van der Waals surface area contributed by atoms with Crippen LogP contribution in [0.5, 0.6) is 5.19 Å². The fraction of sp³-hybridized carbons (Fsp3) is 0.438. The van der Waals surface area contributed by atoms with Gasteiger partial charge in [0.1, 0.15) is 23.7 Å². The molecule has 0 spiro atoms. The van der Waals surface area contributed by atoms with Crippen LogP contribution in [-0.4, -0.2) is 63.0 Å². The molecule has 2 amide bonds. The number of thiazole rings is 1. The van der Waals surface area contributed by atoms with E-state index in [4.69, 9.17) is 4.74 Å². The molecule has 3 N–H and O–H groups in total. The normalized spacial score (nSPS) is 28.3. The van der Waals surface area contributed by atoms with Crippen molar-refractivity contribution in [2.24, 2.45) is 5.92 Å². The Balaban J connectivity index is 1.28. The van der Waals surface area contributed by atoms with E-state index in [1.807, 2.05) is 61.5 Å². The maximum Gasteiger partial charge on any atom is 0.330 e. The zero-order valence-corrected chi connectivity index (χ0v) is 24.4. The van der Waals surface area contributed by atoms with Crippen molar-refractivity contribution < 1.29 is 24.2 Å². The number of carbonyl (C=O) groups excluding carboxylic acids is 2. The number of amides is 2. The van der Waals surface area contributed by atoms with Crippen molar-refractivity contribution >= 4 is 45.0 Å². The Morgan fingerprint density at radius 2 is 2.00 bits per heavy atom. The Morgan fingerprint density at radius 1 is 1.17 bits per heavy atom. The van der Waals surface area contributed by atoms with Crippen molar-refractivity contribution in [1.82, 2.24) is 15.2 Å². The standard InChI is InChI=1S/C32H36N4O5S/c1-20-14-15-24-27(16-20)42-31(34-24)41-23-17-26-28(37)35-32(30(39)40)18-21(32)10-6-3-2-4-9-13-25(29(38)36(26)19-23)33-22-11-7-5-8-12-22/h5-8,10-12,14-16,21,23,25-26,33H,2-4,9,13,17-19H2,1H3,(H,35,37)(H,39,40)/t21-,23-,25+,26+,32-/m1/s1. The summed E-state index contributed by atoms with van der Waals surface area (Å²) in [6.45, 7) is 2.23. The number of nitrogens with one attached hydrogen (secondary N) is 2. The van der Waals surface area contributed by atoms with E-state index in [0.29, 0.717) is 18.0 Å². The van der Waals surface area contributed by atoms with Crippen molar-refractivity contribution in [3.63, 3.8) is 0 Å². The number of aliphatic carboxylic acids is 1. The summed E-state index contributed by atoms with van der Waals surface area (Å²) in [5, 5.41) is 16.8. The highest BCUT2D eigenvalue weighted by atomic mass is 32.1. The number of carboxylic acid groups (broad SMARTS) is 1. The molecule has 6 rings (SSSR count). The predicted molar refractivity (Wildman–Crippen MR) is 162 cm³/mol. The van der Waals surface area contributed by atoms with Gasteiger partial charge < -0.3 is 25.4 Å². The summed E-state index contributed by atoms with van der Waals surface area (Å²) in [7, 11) is 0. The van der Waals surface area contributed by atoms with Gasteiger partial charge >= 0.3 is 5.97 Å². The topological polar surface area (TPSA) is 121 Å². The SMILES string of the molecule is Cc1ccc2nc(O[C@@H]3C[C@H]4C(=O)N[C@]5(C(=O)O)C[C@H]5C=CCCCCC[C@H](Nc5ccccc5)C(=O)N4C3)sc2c1. The van der Waals surface area contributed by atoms with Crippen molar-refractivity contribution in [3.05, 3.63) is 66.2 Å². The number of nitrogens with zero attached hydrogens (tertiary/aromatic N) is 2. The fourth-order valence-corrected chi connectivity index (χ4v) is 7.07. The van der Waals surface area contributed by atoms with Gasteiger partial charge in [0.05, 0.1) is 16.8 Å². The first-order chi connectivity index (χ1) is 20.3. The summed E-state index contributed by atoms with van der Waals surface area (Å²) >= 11 is 1.44. The lowest BCUT2D eigenvalue weighted by atomic mass is 10.0. The van der Waals surface area contributed by atoms with Crippen LogP contribution < -0.4 is 15.4 Å². The van der Waals surface area contributed by atoms with Crippen molar-refractivity contribution in [3.8, 4) is 5.19 Å². The minimum Gasteiger partial charge on any atom is -0.479 e. The second kappa shape index (κ2) is 11.8. The van der Waals surface area contributed by atoms with Crippen LogP contribution in [0.15, 0.2) is 60.7 Å². The molecule has 5 atom stereocenters. The van der Waals surface area contributed by atoms with E-state index in [1.165, 1.54) is 11.3 Å². The number of allylic oxidation sites excluding steroid dienone is 1. The first kappa shape index (κ1) is 28.2. The number of aryl methyl sites for hydroxylation is 1. The molecular formula is C32H36N4O5S. The molecule has 0 bridgehead atoms. The average Bonchev–Trinajstić information content (AvgIpc) is 3.29. The summed E-state index contributed by atoms with van der Waals surface area (Å²) in [5.74, 6) is -1.96. The highest BCUT2D eigenvalue weighted by Crippen LogP contribution is 2.45. The molecule has 2 fully saturated rings. The number of carboxylic acids is 1. The number of aromatic nitrogens is 1. The number of hydrogen-bond donors (Lipinski definition) is 3. The van der Waals surface area contributed by atoms with Crippen LogP contribution in [0.1, 0.15) is 50.5 Å². The predicted octanol–water partition coefficient (Wildman–Crippen LogP) is 4.91. The maximum absolute atomic E-state index is 14.2. The number of hydrogen-bond acceptors (Lipinski definition) is 7. The summed E-state index contributed by atoms with van der Waals surface area (Å²) in [5.41, 5.74) is 1.46. The molecule has 9 nitrogen and oxygen atoms in total. The van der Waals surface area contributed by atoms with Gasteiger partial charge in [-0.1, -0.05) is 60.6 Å². The highest BCUT2D eigenvalue weighted by molar-refractivity contribution is 7.20. The van der Waals surface area contributed by atoms with E-state index >= 15 is 0 Å². The van der Waals surface area contributed by atoms with Gasteiger partial charge in [0.2, 0.25) is 11.8 Å². The molecule has 10 heteroatoms. The first-order valence-electron chi connectivity index (χ1n) is 14.7. The smallest absolute Gasteiger partial charge is 0.330 e. The second-order valence-electron chi connectivity index (χ2n) is 11.6. The van der Waals surface area contributed by atoms with E-state index in [1.54, 1.807) is 4.90 Å². The highest BCUT2D eigenvalue weighted by Gasteiger charge is 2.61. The Hall–Kier alpha value is -3.92. The third-order valence-corrected chi connectivity index (χ3v) is 9.44. The first-order valence-corrected chi connectivity index (χ1v) is 15.5. The summed E-state index contributed by atoms with van der Waals surface area (Å²) in [4.78, 5) is 46.5. The Morgan fingerprint density at radius 3 is 2.81 bits per heavy atom. The summed E-state index contributed by atoms with van der Waals surface area (Å²) in [6.07, 6.45) is 8.28. The fourth-order valence-electron chi connectivity index (χ4n) is 6.09. The van der Waals surface area contributed by atoms with E-state index in [0.717, 1.165) is 47.2 Å². The number of benzene rings is 2. The number of fused-ring (bicyclic) bond motifs is 3. The molecule has 1 aromatic heterocycles. The quantitative estimate of drug-likeness (QED) is 0.362. The maximum atomic E-state index is 14.2. The number of carbonyl (C=O) groups is 3. The van der Waals surface area contributed by atoms with Gasteiger partial charge in [-0.25, -0.2) is 9.78 Å². The number of rotatable bonds is 5. The van der Waals surface area contributed by atoms with Gasteiger partial charge in [0.25, 0.3) is 5.19 Å². The molecular weight excluding hydrogens is 552 g/mol. The Labute approximate surface area is 249 Å². The van der Waals surface area contributed by atoms with Crippen LogP contribution in [0, 0.1) is 12.8 Å². The molecule has 2 aliphatic heterocycles. The van der Waals surface area contributed by atoms with E-state index < -0.39 is 35.6 Å². The number of ether oxygens (including phenoxy) is 1. The lowest BCUT2D eigenvalue weighted by Gasteiger charge is -2.30. The molecule has 3 aliphatic rings. The molecule has 1 saturated carbocycles. The molecule has 0 unspecified atom stereocenters. The van der Waals surface area contributed by atoms with Gasteiger partial charge in [-0.2, -0.15) is 0 Å². The molecule has 3 heterocycles. The van der Waals surface area contributed by atoms with Crippen LogP contribution >= 0.6 is 11.3 Å². The van der Waals surface area contributed by atoms with Crippen LogP contribution in [0.4, 0.5) is 5.69 Å². The lowest BCUT2D eigenvalue weighted by molar-refractivity contribution is -0.145. The Kier molecular flexibility index (Phi) is 7.90. The third-order valence-electron chi connectivity index (χ3n) is 8.53.